The molecule has 2 aromatic carbocycles. The minimum Gasteiger partial charge on any atom is -0.484 e. The minimum absolute atomic E-state index is 0. The molecule has 0 heterocycles. The van der Waals surface area contributed by atoms with Crippen LogP contribution in [0.25, 0.3) is 0 Å². The summed E-state index contributed by atoms with van der Waals surface area (Å²) in [5.41, 5.74) is 2.06. The van der Waals surface area contributed by atoms with E-state index < -0.39 is 0 Å². The number of carbonyl (C=O) groups excluding carboxylic acids is 1. The van der Waals surface area contributed by atoms with Crippen LogP contribution in [0.3, 0.4) is 0 Å². The average molecular weight is 540 g/mol. The van der Waals surface area contributed by atoms with Gasteiger partial charge in [0.1, 0.15) is 11.6 Å². The number of nitrogens with one attached hydrogen (secondary N) is 3. The van der Waals surface area contributed by atoms with Crippen LogP contribution in [0.1, 0.15) is 30.9 Å². The first-order chi connectivity index (χ1) is 14.6. The largest absolute Gasteiger partial charge is 0.484 e. The van der Waals surface area contributed by atoms with Crippen molar-refractivity contribution in [2.24, 2.45) is 4.99 Å². The first kappa shape index (κ1) is 24.9. The van der Waals surface area contributed by atoms with Gasteiger partial charge < -0.3 is 20.7 Å². The predicted octanol–water partition coefficient (Wildman–Crippen LogP) is 3.40. The zero-order valence-corrected chi connectivity index (χ0v) is 20.0. The molecule has 1 aliphatic rings. The first-order valence-electron chi connectivity index (χ1n) is 10.4. The van der Waals surface area contributed by atoms with Crippen LogP contribution in [0.15, 0.2) is 53.5 Å². The Kier molecular flexibility index (Phi) is 10.6. The molecule has 1 amide bonds. The molecule has 2 aromatic rings. The molecule has 1 saturated carbocycles. The molecule has 0 aliphatic heterocycles. The maximum absolute atomic E-state index is 13.0. The zero-order valence-electron chi connectivity index (χ0n) is 17.7. The third-order valence-electron chi connectivity index (χ3n) is 4.59. The molecule has 3 N–H and O–H groups in total. The van der Waals surface area contributed by atoms with Crippen molar-refractivity contribution in [3.8, 4) is 5.75 Å². The van der Waals surface area contributed by atoms with Crippen molar-refractivity contribution in [3.05, 3.63) is 65.5 Å². The van der Waals surface area contributed by atoms with Gasteiger partial charge in [-0.15, -0.1) is 24.0 Å². The van der Waals surface area contributed by atoms with Crippen LogP contribution in [-0.4, -0.2) is 37.6 Å². The molecule has 0 saturated heterocycles. The van der Waals surface area contributed by atoms with Crippen molar-refractivity contribution >= 4 is 35.8 Å². The number of aliphatic imine (C=N–C) groups is 1. The Balaban J connectivity index is 0.00000341. The first-order valence-corrected chi connectivity index (χ1v) is 10.4. The van der Waals surface area contributed by atoms with E-state index in [-0.39, 0.29) is 42.3 Å². The van der Waals surface area contributed by atoms with Crippen LogP contribution in [0.4, 0.5) is 4.39 Å². The summed E-state index contributed by atoms with van der Waals surface area (Å²) < 4.78 is 18.6. The average Bonchev–Trinajstić information content (AvgIpc) is 3.56. The van der Waals surface area contributed by atoms with Gasteiger partial charge >= 0.3 is 0 Å². The second-order valence-corrected chi connectivity index (χ2v) is 7.28. The van der Waals surface area contributed by atoms with Crippen molar-refractivity contribution in [2.45, 2.75) is 38.8 Å². The summed E-state index contributed by atoms with van der Waals surface area (Å²) in [6, 6.07) is 14.5. The number of rotatable bonds is 10. The van der Waals surface area contributed by atoms with Crippen LogP contribution in [0.5, 0.6) is 5.75 Å². The topological polar surface area (TPSA) is 74.8 Å². The predicted molar refractivity (Wildman–Crippen MR) is 131 cm³/mol. The van der Waals surface area contributed by atoms with E-state index in [0.29, 0.717) is 24.9 Å². The van der Waals surface area contributed by atoms with Crippen molar-refractivity contribution in [1.29, 1.82) is 0 Å². The Morgan fingerprint density at radius 2 is 1.90 bits per heavy atom. The molecule has 8 heteroatoms. The monoisotopic (exact) mass is 540 g/mol. The van der Waals surface area contributed by atoms with Gasteiger partial charge in [0.15, 0.2) is 12.6 Å². The molecule has 31 heavy (non-hydrogen) atoms. The molecule has 0 bridgehead atoms. The number of amides is 1. The molecular formula is C23H30FIN4O2. The standard InChI is InChI=1S/C23H29FN4O2.HI/c1-2-25-23(26-13-12-17-6-8-19(24)9-7-17)27-15-18-4-3-5-21(14-18)30-16-22(29)28-20-10-11-20;/h3-9,14,20H,2,10-13,15-16H2,1H3,(H,28,29)(H2,25,26,27);1H. The molecule has 1 fully saturated rings. The maximum atomic E-state index is 13.0. The van der Waals surface area contributed by atoms with Gasteiger partial charge in [0.25, 0.3) is 5.91 Å². The van der Waals surface area contributed by atoms with Gasteiger partial charge in [0.05, 0.1) is 6.54 Å². The van der Waals surface area contributed by atoms with Gasteiger partial charge in [-0.3, -0.25) is 4.79 Å². The molecule has 6 nitrogen and oxygen atoms in total. The lowest BCUT2D eigenvalue weighted by Gasteiger charge is -2.12. The zero-order chi connectivity index (χ0) is 21.2. The van der Waals surface area contributed by atoms with Gasteiger partial charge in [-0.05, 0) is 61.6 Å². The van der Waals surface area contributed by atoms with Crippen molar-refractivity contribution in [3.63, 3.8) is 0 Å². The van der Waals surface area contributed by atoms with E-state index in [1.165, 1.54) is 12.1 Å². The maximum Gasteiger partial charge on any atom is 0.258 e. The Bertz CT molecular complexity index is 857. The Hall–Kier alpha value is -2.36. The van der Waals surface area contributed by atoms with E-state index in [9.17, 15) is 9.18 Å². The molecule has 0 atom stereocenters. The van der Waals surface area contributed by atoms with E-state index in [0.717, 1.165) is 42.9 Å². The highest BCUT2D eigenvalue weighted by Crippen LogP contribution is 2.18. The molecule has 3 rings (SSSR count). The summed E-state index contributed by atoms with van der Waals surface area (Å²) in [7, 11) is 0. The van der Waals surface area contributed by atoms with Crippen molar-refractivity contribution in [1.82, 2.24) is 16.0 Å². The number of carbonyl (C=O) groups is 1. The van der Waals surface area contributed by atoms with Crippen molar-refractivity contribution in [2.75, 3.05) is 19.7 Å². The van der Waals surface area contributed by atoms with Crippen LogP contribution < -0.4 is 20.7 Å². The summed E-state index contributed by atoms with van der Waals surface area (Å²) in [5, 5.41) is 9.42. The minimum atomic E-state index is -0.226. The van der Waals surface area contributed by atoms with E-state index in [1.807, 2.05) is 31.2 Å². The number of hydrogen-bond acceptors (Lipinski definition) is 3. The number of guanidine groups is 1. The summed E-state index contributed by atoms with van der Waals surface area (Å²) in [4.78, 5) is 16.4. The van der Waals surface area contributed by atoms with Gasteiger partial charge in [-0.1, -0.05) is 24.3 Å². The Morgan fingerprint density at radius 3 is 2.61 bits per heavy atom. The van der Waals surface area contributed by atoms with E-state index in [4.69, 9.17) is 4.74 Å². The van der Waals surface area contributed by atoms with Crippen LogP contribution in [-0.2, 0) is 17.8 Å². The second-order valence-electron chi connectivity index (χ2n) is 7.28. The summed E-state index contributed by atoms with van der Waals surface area (Å²) in [6.45, 7) is 3.96. The summed E-state index contributed by atoms with van der Waals surface area (Å²) in [5.74, 6) is 1.06. The fourth-order valence-electron chi connectivity index (χ4n) is 2.87. The molecular weight excluding hydrogens is 510 g/mol. The molecule has 0 aromatic heterocycles. The van der Waals surface area contributed by atoms with Gasteiger partial charge in [-0.2, -0.15) is 0 Å². The van der Waals surface area contributed by atoms with Crippen molar-refractivity contribution < 1.29 is 13.9 Å². The quantitative estimate of drug-likeness (QED) is 0.246. The van der Waals surface area contributed by atoms with Crippen LogP contribution >= 0.6 is 24.0 Å². The SMILES string of the molecule is CCNC(=NCc1cccc(OCC(=O)NC2CC2)c1)NCCc1ccc(F)cc1.I. The Morgan fingerprint density at radius 1 is 1.13 bits per heavy atom. The molecule has 0 spiro atoms. The highest BCUT2D eigenvalue weighted by atomic mass is 127. The lowest BCUT2D eigenvalue weighted by molar-refractivity contribution is -0.123. The normalized spacial score (nSPS) is 13.2. The summed E-state index contributed by atoms with van der Waals surface area (Å²) in [6.07, 6.45) is 2.90. The smallest absolute Gasteiger partial charge is 0.258 e. The van der Waals surface area contributed by atoms with Crippen LogP contribution in [0, 0.1) is 5.82 Å². The highest BCUT2D eigenvalue weighted by molar-refractivity contribution is 14.0. The van der Waals surface area contributed by atoms with Gasteiger partial charge in [-0.25, -0.2) is 9.38 Å². The lowest BCUT2D eigenvalue weighted by Crippen LogP contribution is -2.38. The fourth-order valence-corrected chi connectivity index (χ4v) is 2.87. The van der Waals surface area contributed by atoms with E-state index in [1.54, 1.807) is 12.1 Å². The molecule has 1 aliphatic carbocycles. The number of benzene rings is 2. The number of nitrogens with zero attached hydrogens (tertiary/aromatic N) is 1. The number of halogens is 2. The van der Waals surface area contributed by atoms with Gasteiger partial charge in [0.2, 0.25) is 0 Å². The van der Waals surface area contributed by atoms with Gasteiger partial charge in [0, 0.05) is 19.1 Å². The lowest BCUT2D eigenvalue weighted by atomic mass is 10.1. The third-order valence-corrected chi connectivity index (χ3v) is 4.59. The molecule has 168 valence electrons. The second kappa shape index (κ2) is 13.1. The third kappa shape index (κ3) is 9.54. The van der Waals surface area contributed by atoms with E-state index >= 15 is 0 Å². The Labute approximate surface area is 200 Å². The molecule has 0 radical (unpaired) electrons. The fraction of sp³-hybridized carbons (Fsp3) is 0.391. The van der Waals surface area contributed by atoms with Crippen LogP contribution in [0.2, 0.25) is 0 Å². The number of hydrogen-bond donors (Lipinski definition) is 3. The number of ether oxygens (including phenoxy) is 1. The highest BCUT2D eigenvalue weighted by Gasteiger charge is 2.23. The summed E-state index contributed by atoms with van der Waals surface area (Å²) >= 11 is 0. The van der Waals surface area contributed by atoms with E-state index in [2.05, 4.69) is 20.9 Å². The molecule has 0 unspecified atom stereocenters.